The van der Waals surface area contributed by atoms with Crippen molar-refractivity contribution < 1.29 is 13.2 Å². The number of rotatable bonds is 2. The molecule has 1 heterocycles. The van der Waals surface area contributed by atoms with E-state index in [9.17, 15) is 13.2 Å². The minimum Gasteiger partial charge on any atom is -0.302 e. The Kier molecular flexibility index (Phi) is 4.90. The van der Waals surface area contributed by atoms with E-state index < -0.39 is 11.0 Å². The maximum atomic E-state index is 12.3. The zero-order chi connectivity index (χ0) is 11.5. The van der Waals surface area contributed by atoms with Gasteiger partial charge in [-0.1, -0.05) is 22.9 Å². The lowest BCUT2D eigenvalue weighted by molar-refractivity contribution is -0.130. The maximum absolute atomic E-state index is 12.3. The highest BCUT2D eigenvalue weighted by atomic mass is 79.9. The van der Waals surface area contributed by atoms with Crippen molar-refractivity contribution in [2.45, 2.75) is 37.2 Å². The van der Waals surface area contributed by atoms with Crippen LogP contribution in [0.25, 0.3) is 0 Å². The predicted octanol–water partition coefficient (Wildman–Crippen LogP) is 3.43. The molecule has 0 N–H and O–H groups in total. The molecule has 15 heavy (non-hydrogen) atoms. The van der Waals surface area contributed by atoms with Crippen LogP contribution in [0.4, 0.5) is 13.2 Å². The molecule has 2 unspecified atom stereocenters. The molecule has 5 heteroatoms. The average Bonchev–Trinajstić information content (AvgIpc) is 2.29. The van der Waals surface area contributed by atoms with E-state index in [-0.39, 0.29) is 6.54 Å². The van der Waals surface area contributed by atoms with Crippen molar-refractivity contribution in [2.75, 3.05) is 19.6 Å². The third kappa shape index (κ3) is 4.72. The minimum atomic E-state index is -4.13. The molecule has 1 saturated heterocycles. The second kappa shape index (κ2) is 5.53. The molecule has 0 radical (unpaired) electrons. The molecule has 0 aromatic heterocycles. The van der Waals surface area contributed by atoms with E-state index >= 15 is 0 Å². The fourth-order valence-electron chi connectivity index (χ4n) is 1.84. The molecule has 1 aliphatic heterocycles. The van der Waals surface area contributed by atoms with Crippen LogP contribution in [-0.4, -0.2) is 35.5 Å². The van der Waals surface area contributed by atoms with Gasteiger partial charge < -0.3 is 4.90 Å². The molecule has 0 aromatic carbocycles. The summed E-state index contributed by atoms with van der Waals surface area (Å²) >= 11 is 2.71. The Bertz CT molecular complexity index is 196. The van der Waals surface area contributed by atoms with Gasteiger partial charge in [0.1, 0.15) is 4.83 Å². The van der Waals surface area contributed by atoms with Gasteiger partial charge in [0.2, 0.25) is 0 Å². The van der Waals surface area contributed by atoms with Crippen LogP contribution in [0.1, 0.15) is 26.2 Å². The van der Waals surface area contributed by atoms with Gasteiger partial charge in [0, 0.05) is 6.54 Å². The molecule has 1 fully saturated rings. The van der Waals surface area contributed by atoms with Crippen molar-refractivity contribution >= 4 is 15.9 Å². The lowest BCUT2D eigenvalue weighted by Crippen LogP contribution is -2.37. The largest absolute Gasteiger partial charge is 0.402 e. The summed E-state index contributed by atoms with van der Waals surface area (Å²) < 4.78 is 36.9. The van der Waals surface area contributed by atoms with Crippen LogP contribution in [0.15, 0.2) is 0 Å². The van der Waals surface area contributed by atoms with Gasteiger partial charge in [0.25, 0.3) is 0 Å². The van der Waals surface area contributed by atoms with Crippen molar-refractivity contribution in [3.8, 4) is 0 Å². The van der Waals surface area contributed by atoms with Gasteiger partial charge in [0.05, 0.1) is 0 Å². The number of nitrogens with zero attached hydrogens (tertiary/aromatic N) is 1. The lowest BCUT2D eigenvalue weighted by atomic mass is 10.0. The Morgan fingerprint density at radius 2 is 2.00 bits per heavy atom. The molecule has 0 aliphatic carbocycles. The first-order valence-electron chi connectivity index (χ1n) is 5.32. The molecule has 1 nitrogen and oxygen atoms in total. The van der Waals surface area contributed by atoms with Crippen LogP contribution >= 0.6 is 15.9 Å². The zero-order valence-corrected chi connectivity index (χ0v) is 10.4. The average molecular weight is 288 g/mol. The minimum absolute atomic E-state index is 0.0796. The lowest BCUT2D eigenvalue weighted by Gasteiger charge is -2.24. The van der Waals surface area contributed by atoms with Crippen LogP contribution in [0.3, 0.4) is 0 Å². The van der Waals surface area contributed by atoms with Crippen molar-refractivity contribution in [3.05, 3.63) is 0 Å². The molecule has 1 aliphatic rings. The molecule has 2 atom stereocenters. The van der Waals surface area contributed by atoms with Crippen LogP contribution in [-0.2, 0) is 0 Å². The Balaban J connectivity index is 2.38. The number of alkyl halides is 4. The fraction of sp³-hybridized carbons (Fsp3) is 1.00. The van der Waals surface area contributed by atoms with E-state index in [4.69, 9.17) is 0 Å². The van der Waals surface area contributed by atoms with Crippen molar-refractivity contribution in [1.29, 1.82) is 0 Å². The summed E-state index contributed by atoms with van der Waals surface area (Å²) in [7, 11) is 0. The summed E-state index contributed by atoms with van der Waals surface area (Å²) in [5.74, 6) is 0.648. The smallest absolute Gasteiger partial charge is 0.302 e. The molecule has 90 valence electrons. The van der Waals surface area contributed by atoms with Gasteiger partial charge in [0.15, 0.2) is 0 Å². The van der Waals surface area contributed by atoms with Crippen molar-refractivity contribution in [3.63, 3.8) is 0 Å². The Labute approximate surface area is 97.1 Å². The van der Waals surface area contributed by atoms with Gasteiger partial charge in [-0.3, -0.25) is 0 Å². The second-order valence-electron chi connectivity index (χ2n) is 4.35. The standard InChI is InChI=1S/C10H17BrF3N/c1-8-3-2-5-15(6-4-8)7-9(11)10(12,13)14/h8-9H,2-7H2,1H3. The SMILES string of the molecule is CC1CCCN(CC(Br)C(F)(F)F)CC1. The first-order chi connectivity index (χ1) is 6.89. The summed E-state index contributed by atoms with van der Waals surface area (Å²) in [5.41, 5.74) is 0. The van der Waals surface area contributed by atoms with E-state index in [0.717, 1.165) is 32.4 Å². The maximum Gasteiger partial charge on any atom is 0.402 e. The summed E-state index contributed by atoms with van der Waals surface area (Å²) in [5, 5.41) is 0. The van der Waals surface area contributed by atoms with Gasteiger partial charge in [-0.2, -0.15) is 13.2 Å². The van der Waals surface area contributed by atoms with E-state index in [0.29, 0.717) is 5.92 Å². The van der Waals surface area contributed by atoms with Gasteiger partial charge in [-0.05, 0) is 38.3 Å². The summed E-state index contributed by atoms with van der Waals surface area (Å²) in [6.45, 7) is 3.83. The topological polar surface area (TPSA) is 3.24 Å². The Morgan fingerprint density at radius 1 is 1.33 bits per heavy atom. The quantitative estimate of drug-likeness (QED) is 0.704. The molecule has 0 spiro atoms. The second-order valence-corrected chi connectivity index (χ2v) is 5.45. The van der Waals surface area contributed by atoms with Gasteiger partial charge in [-0.25, -0.2) is 0 Å². The number of hydrogen-bond donors (Lipinski definition) is 0. The normalized spacial score (nSPS) is 27.4. The van der Waals surface area contributed by atoms with Crippen LogP contribution in [0, 0.1) is 5.92 Å². The number of hydrogen-bond acceptors (Lipinski definition) is 1. The van der Waals surface area contributed by atoms with Crippen LogP contribution < -0.4 is 0 Å². The van der Waals surface area contributed by atoms with E-state index in [2.05, 4.69) is 22.9 Å². The Hall–Kier alpha value is 0.230. The fourth-order valence-corrected chi connectivity index (χ4v) is 2.24. The van der Waals surface area contributed by atoms with E-state index in [1.807, 2.05) is 4.90 Å². The van der Waals surface area contributed by atoms with Crippen molar-refractivity contribution in [1.82, 2.24) is 4.90 Å². The monoisotopic (exact) mass is 287 g/mol. The van der Waals surface area contributed by atoms with E-state index in [1.165, 1.54) is 0 Å². The van der Waals surface area contributed by atoms with Crippen LogP contribution in [0.5, 0.6) is 0 Å². The third-order valence-corrected chi connectivity index (χ3v) is 3.69. The van der Waals surface area contributed by atoms with Crippen LogP contribution in [0.2, 0.25) is 0 Å². The zero-order valence-electron chi connectivity index (χ0n) is 8.86. The first kappa shape index (κ1) is 13.3. The van der Waals surface area contributed by atoms with Gasteiger partial charge >= 0.3 is 6.18 Å². The number of halogens is 4. The molecular weight excluding hydrogens is 271 g/mol. The highest BCUT2D eigenvalue weighted by molar-refractivity contribution is 9.09. The molecule has 0 aromatic rings. The molecule has 1 rings (SSSR count). The molecule has 0 bridgehead atoms. The number of likely N-dealkylation sites (tertiary alicyclic amines) is 1. The van der Waals surface area contributed by atoms with Gasteiger partial charge in [-0.15, -0.1) is 0 Å². The molecular formula is C10H17BrF3N. The predicted molar refractivity (Wildman–Crippen MR) is 58.2 cm³/mol. The highest BCUT2D eigenvalue weighted by Crippen LogP contribution is 2.28. The summed E-state index contributed by atoms with van der Waals surface area (Å²) in [6, 6.07) is 0. The third-order valence-electron chi connectivity index (χ3n) is 2.88. The van der Waals surface area contributed by atoms with Crippen molar-refractivity contribution in [2.24, 2.45) is 5.92 Å². The summed E-state index contributed by atoms with van der Waals surface area (Å²) in [6.07, 6.45) is -0.969. The molecule has 0 amide bonds. The van der Waals surface area contributed by atoms with E-state index in [1.54, 1.807) is 0 Å². The first-order valence-corrected chi connectivity index (χ1v) is 6.24. The Morgan fingerprint density at radius 3 is 2.60 bits per heavy atom. The molecule has 0 saturated carbocycles. The summed E-state index contributed by atoms with van der Waals surface area (Å²) in [4.78, 5) is 0.523. The highest BCUT2D eigenvalue weighted by Gasteiger charge is 2.38.